The lowest BCUT2D eigenvalue weighted by molar-refractivity contribution is -0.141. The summed E-state index contributed by atoms with van der Waals surface area (Å²) in [5.74, 6) is -1.55. The molecule has 1 aliphatic heterocycles. The van der Waals surface area contributed by atoms with Gasteiger partial charge in [-0.15, -0.1) is 0 Å². The Labute approximate surface area is 203 Å². The summed E-state index contributed by atoms with van der Waals surface area (Å²) in [5.41, 5.74) is -1.06. The molecular weight excluding hydrogens is 436 g/mol. The Morgan fingerprint density at radius 1 is 0.971 bits per heavy atom. The van der Waals surface area contributed by atoms with Crippen molar-refractivity contribution in [3.05, 3.63) is 0 Å². The quantitative estimate of drug-likeness (QED) is 0.440. The van der Waals surface area contributed by atoms with Gasteiger partial charge in [-0.05, 0) is 32.1 Å². The van der Waals surface area contributed by atoms with E-state index in [0.29, 0.717) is 45.6 Å². The summed E-state index contributed by atoms with van der Waals surface area (Å²) in [7, 11) is 0. The van der Waals surface area contributed by atoms with Gasteiger partial charge in [0, 0.05) is 19.1 Å². The lowest BCUT2D eigenvalue weighted by Gasteiger charge is -2.39. The fourth-order valence-corrected chi connectivity index (χ4v) is 5.25. The molecule has 1 saturated heterocycles. The van der Waals surface area contributed by atoms with Crippen LogP contribution in [-0.4, -0.2) is 72.5 Å². The van der Waals surface area contributed by atoms with E-state index in [0.717, 1.165) is 64.2 Å². The number of nitrogens with one attached hydrogen (secondary N) is 3. The van der Waals surface area contributed by atoms with E-state index in [4.69, 9.17) is 4.74 Å². The number of ether oxygens (including phenoxy) is 1. The number of amides is 4. The molecule has 1 heterocycles. The highest BCUT2D eigenvalue weighted by Gasteiger charge is 2.43. The van der Waals surface area contributed by atoms with Crippen LogP contribution in [0.5, 0.6) is 0 Å². The van der Waals surface area contributed by atoms with Gasteiger partial charge in [-0.1, -0.05) is 58.3 Å². The van der Waals surface area contributed by atoms with E-state index in [-0.39, 0.29) is 18.0 Å². The van der Waals surface area contributed by atoms with Crippen molar-refractivity contribution in [1.29, 1.82) is 0 Å². The van der Waals surface area contributed by atoms with Gasteiger partial charge < -0.3 is 25.6 Å². The Kier molecular flexibility index (Phi) is 10.2. The van der Waals surface area contributed by atoms with Crippen LogP contribution in [0.25, 0.3) is 0 Å². The number of hydrogen-bond acceptors (Lipinski definition) is 5. The maximum atomic E-state index is 13.6. The SMILES string of the molecule is CCCCC(NC(=O)C1(NC(=O)N2CCOCC2)CCCCC1)C(=O)C(=O)NC1CCCCC1. The summed E-state index contributed by atoms with van der Waals surface area (Å²) < 4.78 is 5.33. The second-order valence-electron chi connectivity index (χ2n) is 10.0. The van der Waals surface area contributed by atoms with Gasteiger partial charge in [0.2, 0.25) is 11.7 Å². The molecule has 0 bridgehead atoms. The number of rotatable bonds is 9. The van der Waals surface area contributed by atoms with E-state index in [9.17, 15) is 19.2 Å². The Morgan fingerprint density at radius 3 is 2.26 bits per heavy atom. The molecule has 0 spiro atoms. The monoisotopic (exact) mass is 478 g/mol. The Morgan fingerprint density at radius 2 is 1.62 bits per heavy atom. The number of morpholine rings is 1. The van der Waals surface area contributed by atoms with Crippen molar-refractivity contribution in [2.75, 3.05) is 26.3 Å². The first-order valence-electron chi connectivity index (χ1n) is 13.3. The zero-order valence-electron chi connectivity index (χ0n) is 20.7. The van der Waals surface area contributed by atoms with Crippen LogP contribution in [0.2, 0.25) is 0 Å². The molecule has 3 fully saturated rings. The molecule has 3 rings (SSSR count). The first kappa shape index (κ1) is 26.4. The largest absolute Gasteiger partial charge is 0.378 e. The smallest absolute Gasteiger partial charge is 0.318 e. The van der Waals surface area contributed by atoms with E-state index < -0.39 is 23.3 Å². The summed E-state index contributed by atoms with van der Waals surface area (Å²) >= 11 is 0. The molecule has 192 valence electrons. The zero-order chi connectivity index (χ0) is 24.4. The van der Waals surface area contributed by atoms with Gasteiger partial charge in [0.05, 0.1) is 19.3 Å². The molecule has 34 heavy (non-hydrogen) atoms. The third kappa shape index (κ3) is 7.17. The Balaban J connectivity index is 1.68. The number of ketones is 1. The van der Waals surface area contributed by atoms with E-state index >= 15 is 0 Å². The van der Waals surface area contributed by atoms with Crippen LogP contribution < -0.4 is 16.0 Å². The summed E-state index contributed by atoms with van der Waals surface area (Å²) in [4.78, 5) is 54.0. The highest BCUT2D eigenvalue weighted by Crippen LogP contribution is 2.29. The first-order chi connectivity index (χ1) is 16.4. The summed E-state index contributed by atoms with van der Waals surface area (Å²) in [6.07, 6.45) is 10.7. The van der Waals surface area contributed by atoms with E-state index in [1.165, 1.54) is 0 Å². The number of Topliss-reactive ketones (excluding diaryl/α,β-unsaturated/α-hetero) is 1. The van der Waals surface area contributed by atoms with Crippen LogP contribution in [-0.2, 0) is 19.1 Å². The maximum Gasteiger partial charge on any atom is 0.318 e. The molecule has 2 aliphatic carbocycles. The minimum atomic E-state index is -1.06. The van der Waals surface area contributed by atoms with Crippen LogP contribution in [0, 0.1) is 0 Å². The molecule has 9 heteroatoms. The molecule has 0 aromatic rings. The molecule has 0 radical (unpaired) electrons. The number of carbonyl (C=O) groups is 4. The highest BCUT2D eigenvalue weighted by atomic mass is 16.5. The average Bonchev–Trinajstić information content (AvgIpc) is 2.87. The standard InChI is InChI=1S/C25H42N4O5/c1-2-3-12-20(21(30)22(31)26-19-10-6-4-7-11-19)27-23(32)25(13-8-5-9-14-25)28-24(33)29-15-17-34-18-16-29/h19-20H,2-18H2,1H3,(H,26,31)(H,27,32)(H,28,33). The molecule has 2 saturated carbocycles. The molecule has 3 N–H and O–H groups in total. The normalized spacial score (nSPS) is 21.9. The number of urea groups is 1. The predicted molar refractivity (Wildman–Crippen MR) is 128 cm³/mol. The molecule has 1 atom stereocenters. The third-order valence-corrected chi connectivity index (χ3v) is 7.42. The molecule has 3 aliphatic rings. The van der Waals surface area contributed by atoms with Crippen molar-refractivity contribution < 1.29 is 23.9 Å². The van der Waals surface area contributed by atoms with Gasteiger partial charge in [-0.25, -0.2) is 4.79 Å². The molecule has 1 unspecified atom stereocenters. The maximum absolute atomic E-state index is 13.6. The van der Waals surface area contributed by atoms with Crippen LogP contribution in [0.4, 0.5) is 4.79 Å². The number of hydrogen-bond donors (Lipinski definition) is 3. The minimum Gasteiger partial charge on any atom is -0.378 e. The molecule has 0 aromatic heterocycles. The number of carbonyl (C=O) groups excluding carboxylic acids is 4. The molecular formula is C25H42N4O5. The van der Waals surface area contributed by atoms with Crippen LogP contribution in [0.15, 0.2) is 0 Å². The Hall–Kier alpha value is -2.16. The topological polar surface area (TPSA) is 117 Å². The average molecular weight is 479 g/mol. The summed E-state index contributed by atoms with van der Waals surface area (Å²) in [5, 5.41) is 8.77. The molecule has 4 amide bonds. The van der Waals surface area contributed by atoms with Crippen molar-refractivity contribution >= 4 is 23.6 Å². The van der Waals surface area contributed by atoms with Crippen LogP contribution in [0.1, 0.15) is 90.4 Å². The van der Waals surface area contributed by atoms with Gasteiger partial charge in [-0.3, -0.25) is 14.4 Å². The Bertz CT molecular complexity index is 710. The van der Waals surface area contributed by atoms with Gasteiger partial charge in [-0.2, -0.15) is 0 Å². The number of unbranched alkanes of at least 4 members (excludes halogenated alkanes) is 1. The summed E-state index contributed by atoms with van der Waals surface area (Å²) in [6.45, 7) is 3.95. The first-order valence-corrected chi connectivity index (χ1v) is 13.3. The van der Waals surface area contributed by atoms with Gasteiger partial charge in [0.25, 0.3) is 5.91 Å². The van der Waals surface area contributed by atoms with Gasteiger partial charge in [0.15, 0.2) is 0 Å². The van der Waals surface area contributed by atoms with Crippen LogP contribution in [0.3, 0.4) is 0 Å². The second kappa shape index (κ2) is 13.1. The van der Waals surface area contributed by atoms with Crippen molar-refractivity contribution in [1.82, 2.24) is 20.9 Å². The zero-order valence-corrected chi connectivity index (χ0v) is 20.7. The third-order valence-electron chi connectivity index (χ3n) is 7.42. The van der Waals surface area contributed by atoms with Crippen molar-refractivity contribution in [3.8, 4) is 0 Å². The van der Waals surface area contributed by atoms with E-state index in [1.807, 2.05) is 6.92 Å². The second-order valence-corrected chi connectivity index (χ2v) is 10.0. The highest BCUT2D eigenvalue weighted by molar-refractivity contribution is 6.38. The minimum absolute atomic E-state index is 0.0326. The van der Waals surface area contributed by atoms with E-state index in [1.54, 1.807) is 4.90 Å². The summed E-state index contributed by atoms with van der Waals surface area (Å²) in [6, 6.07) is -1.12. The number of nitrogens with zero attached hydrogens (tertiary/aromatic N) is 1. The fourth-order valence-electron chi connectivity index (χ4n) is 5.25. The fraction of sp³-hybridized carbons (Fsp3) is 0.840. The van der Waals surface area contributed by atoms with Crippen LogP contribution >= 0.6 is 0 Å². The lowest BCUT2D eigenvalue weighted by Crippen LogP contribution is -2.64. The molecule has 9 nitrogen and oxygen atoms in total. The van der Waals surface area contributed by atoms with Gasteiger partial charge in [0.1, 0.15) is 5.54 Å². The lowest BCUT2D eigenvalue weighted by atomic mass is 9.80. The predicted octanol–water partition coefficient (Wildman–Crippen LogP) is 2.42. The van der Waals surface area contributed by atoms with E-state index in [2.05, 4.69) is 16.0 Å². The van der Waals surface area contributed by atoms with Crippen molar-refractivity contribution in [2.45, 2.75) is 108 Å². The van der Waals surface area contributed by atoms with Crippen molar-refractivity contribution in [3.63, 3.8) is 0 Å². The molecule has 0 aromatic carbocycles. The van der Waals surface area contributed by atoms with Gasteiger partial charge >= 0.3 is 6.03 Å². The van der Waals surface area contributed by atoms with Crippen molar-refractivity contribution in [2.24, 2.45) is 0 Å².